The minimum absolute atomic E-state index is 0.379. The number of rotatable bonds is 0. The molecule has 0 N–H and O–H groups in total. The van der Waals surface area contributed by atoms with Crippen LogP contribution in [0.25, 0.3) is 0 Å². The van der Waals surface area contributed by atoms with E-state index in [2.05, 4.69) is 13.8 Å². The summed E-state index contributed by atoms with van der Waals surface area (Å²) in [6.45, 7) is 4.71. The molecule has 3 fully saturated rings. The Morgan fingerprint density at radius 3 is 2.50 bits per heavy atom. The zero-order chi connectivity index (χ0) is 12.8. The predicted molar refractivity (Wildman–Crippen MR) is 74.3 cm³/mol. The maximum absolute atomic E-state index is 12.4. The van der Waals surface area contributed by atoms with Crippen molar-refractivity contribution in [1.82, 2.24) is 0 Å². The van der Waals surface area contributed by atoms with E-state index >= 15 is 0 Å². The molecular weight excluding hydrogens is 220 g/mol. The van der Waals surface area contributed by atoms with Crippen LogP contribution in [0.2, 0.25) is 0 Å². The Balaban J connectivity index is 1.81. The van der Waals surface area contributed by atoms with Gasteiger partial charge in [-0.2, -0.15) is 0 Å². The third-order valence-electron chi connectivity index (χ3n) is 6.24. The molecule has 5 unspecified atom stereocenters. The monoisotopic (exact) mass is 248 g/mol. The number of ketones is 1. The first-order valence-electron chi connectivity index (χ1n) is 8.15. The molecule has 0 spiro atoms. The van der Waals surface area contributed by atoms with Gasteiger partial charge in [-0.15, -0.1) is 0 Å². The number of hydrogen-bond acceptors (Lipinski definition) is 1. The average molecular weight is 248 g/mol. The lowest BCUT2D eigenvalue weighted by Gasteiger charge is -2.63. The van der Waals surface area contributed by atoms with E-state index in [4.69, 9.17) is 0 Å². The van der Waals surface area contributed by atoms with Crippen LogP contribution < -0.4 is 0 Å². The van der Waals surface area contributed by atoms with E-state index in [1.54, 1.807) is 0 Å². The fourth-order valence-corrected chi connectivity index (χ4v) is 5.69. The van der Waals surface area contributed by atoms with Crippen molar-refractivity contribution in [3.05, 3.63) is 0 Å². The Labute approximate surface area is 112 Å². The first-order valence-corrected chi connectivity index (χ1v) is 8.15. The van der Waals surface area contributed by atoms with Gasteiger partial charge < -0.3 is 0 Å². The Bertz CT molecular complexity index is 335. The lowest BCUT2D eigenvalue weighted by Crippen LogP contribution is -2.61. The van der Waals surface area contributed by atoms with Gasteiger partial charge in [0.25, 0.3) is 0 Å². The van der Waals surface area contributed by atoms with Crippen molar-refractivity contribution in [1.29, 1.82) is 0 Å². The molecule has 3 saturated carbocycles. The summed E-state index contributed by atoms with van der Waals surface area (Å²) in [5.74, 6) is 3.31. The van der Waals surface area contributed by atoms with E-state index in [1.165, 1.54) is 51.4 Å². The van der Waals surface area contributed by atoms with Crippen molar-refractivity contribution >= 4 is 5.78 Å². The van der Waals surface area contributed by atoms with E-state index < -0.39 is 0 Å². The second kappa shape index (κ2) is 4.65. The molecule has 1 nitrogen and oxygen atoms in total. The molecule has 3 rings (SSSR count). The van der Waals surface area contributed by atoms with Crippen molar-refractivity contribution < 1.29 is 4.79 Å². The highest BCUT2D eigenvalue weighted by atomic mass is 16.1. The van der Waals surface area contributed by atoms with Crippen LogP contribution in [-0.4, -0.2) is 5.78 Å². The second-order valence-electron chi connectivity index (χ2n) is 7.58. The van der Waals surface area contributed by atoms with Gasteiger partial charge in [0.2, 0.25) is 0 Å². The van der Waals surface area contributed by atoms with Crippen molar-refractivity contribution in [3.63, 3.8) is 0 Å². The van der Waals surface area contributed by atoms with E-state index in [9.17, 15) is 4.79 Å². The van der Waals surface area contributed by atoms with Gasteiger partial charge in [0.1, 0.15) is 5.78 Å². The first-order chi connectivity index (χ1) is 8.63. The average Bonchev–Trinajstić information content (AvgIpc) is 2.38. The molecule has 0 aromatic carbocycles. The summed E-state index contributed by atoms with van der Waals surface area (Å²) in [4.78, 5) is 12.4. The molecule has 0 amide bonds. The summed E-state index contributed by atoms with van der Waals surface area (Å²) in [7, 11) is 0. The summed E-state index contributed by atoms with van der Waals surface area (Å²) in [5.41, 5.74) is 0.379. The van der Waals surface area contributed by atoms with Gasteiger partial charge in [-0.05, 0) is 42.4 Å². The quantitative estimate of drug-likeness (QED) is 0.612. The van der Waals surface area contributed by atoms with Gasteiger partial charge in [-0.1, -0.05) is 46.0 Å². The number of fused-ring (bicyclic) bond motifs is 4. The maximum atomic E-state index is 12.4. The molecule has 18 heavy (non-hydrogen) atoms. The largest absolute Gasteiger partial charge is 0.299 e. The fraction of sp³-hybridized carbons (Fsp3) is 0.941. The first kappa shape index (κ1) is 12.7. The van der Waals surface area contributed by atoms with Gasteiger partial charge in [0.15, 0.2) is 0 Å². The molecular formula is C17H28O. The van der Waals surface area contributed by atoms with E-state index in [0.717, 1.165) is 18.3 Å². The molecule has 5 atom stereocenters. The van der Waals surface area contributed by atoms with Gasteiger partial charge in [0.05, 0.1) is 0 Å². The third kappa shape index (κ3) is 1.85. The third-order valence-corrected chi connectivity index (χ3v) is 6.24. The van der Waals surface area contributed by atoms with Crippen LogP contribution in [0.1, 0.15) is 71.6 Å². The molecule has 0 bridgehead atoms. The molecule has 0 heterocycles. The molecule has 0 radical (unpaired) electrons. The van der Waals surface area contributed by atoms with Crippen LogP contribution in [0.3, 0.4) is 0 Å². The zero-order valence-electron chi connectivity index (χ0n) is 12.1. The molecule has 3 aliphatic carbocycles. The predicted octanol–water partition coefficient (Wildman–Crippen LogP) is 4.60. The van der Waals surface area contributed by atoms with Crippen LogP contribution >= 0.6 is 0 Å². The summed E-state index contributed by atoms with van der Waals surface area (Å²) in [5, 5.41) is 0. The minimum atomic E-state index is 0.379. The van der Waals surface area contributed by atoms with Crippen LogP contribution in [0.15, 0.2) is 0 Å². The van der Waals surface area contributed by atoms with E-state index in [-0.39, 0.29) is 0 Å². The van der Waals surface area contributed by atoms with Gasteiger partial charge in [0, 0.05) is 12.3 Å². The number of Topliss-reactive ketones (excluding diaryl/α,β-unsaturated/α-hetero) is 1. The number of carbonyl (C=O) groups excluding carboxylic acids is 1. The SMILES string of the molecule is CC1CC(=O)C2C3CCCCCCCC3C2(C)C1. The number of hydrogen-bond donors (Lipinski definition) is 0. The molecule has 0 aromatic rings. The maximum Gasteiger partial charge on any atom is 0.137 e. The van der Waals surface area contributed by atoms with Crippen LogP contribution in [-0.2, 0) is 4.79 Å². The van der Waals surface area contributed by atoms with Crippen molar-refractivity contribution in [2.24, 2.45) is 29.1 Å². The highest BCUT2D eigenvalue weighted by Crippen LogP contribution is 2.65. The molecule has 1 heteroatoms. The highest BCUT2D eigenvalue weighted by Gasteiger charge is 2.62. The molecule has 0 aliphatic heterocycles. The summed E-state index contributed by atoms with van der Waals surface area (Å²) in [6, 6.07) is 0. The van der Waals surface area contributed by atoms with Crippen LogP contribution in [0.4, 0.5) is 0 Å². The van der Waals surface area contributed by atoms with E-state index in [1.807, 2.05) is 0 Å². The lowest BCUT2D eigenvalue weighted by atomic mass is 9.40. The Morgan fingerprint density at radius 1 is 1.06 bits per heavy atom. The van der Waals surface area contributed by atoms with Crippen molar-refractivity contribution in [2.75, 3.05) is 0 Å². The fourth-order valence-electron chi connectivity index (χ4n) is 5.69. The molecule has 0 aromatic heterocycles. The summed E-state index contributed by atoms with van der Waals surface area (Å²) < 4.78 is 0. The summed E-state index contributed by atoms with van der Waals surface area (Å²) >= 11 is 0. The second-order valence-corrected chi connectivity index (χ2v) is 7.58. The molecule has 0 saturated heterocycles. The van der Waals surface area contributed by atoms with E-state index in [0.29, 0.717) is 23.0 Å². The van der Waals surface area contributed by atoms with Gasteiger partial charge >= 0.3 is 0 Å². The number of carbonyl (C=O) groups is 1. The normalized spacial score (nSPS) is 49.1. The standard InChI is InChI=1S/C17H28O/c1-12-10-15(18)16-13-8-6-4-3-5-7-9-14(13)17(16,2)11-12/h12-14,16H,3-11H2,1-2H3. The van der Waals surface area contributed by atoms with Crippen LogP contribution in [0.5, 0.6) is 0 Å². The van der Waals surface area contributed by atoms with Crippen LogP contribution in [0, 0.1) is 29.1 Å². The Hall–Kier alpha value is -0.330. The highest BCUT2D eigenvalue weighted by molar-refractivity contribution is 5.84. The topological polar surface area (TPSA) is 17.1 Å². The molecule has 102 valence electrons. The lowest BCUT2D eigenvalue weighted by molar-refractivity contribution is -0.174. The van der Waals surface area contributed by atoms with Crippen molar-refractivity contribution in [3.8, 4) is 0 Å². The minimum Gasteiger partial charge on any atom is -0.299 e. The van der Waals surface area contributed by atoms with Gasteiger partial charge in [-0.3, -0.25) is 4.79 Å². The zero-order valence-corrected chi connectivity index (χ0v) is 12.1. The summed E-state index contributed by atoms with van der Waals surface area (Å²) in [6.07, 6.45) is 11.9. The molecule has 3 aliphatic rings. The Kier molecular flexibility index (Phi) is 3.28. The van der Waals surface area contributed by atoms with Gasteiger partial charge in [-0.25, -0.2) is 0 Å². The Morgan fingerprint density at radius 2 is 1.72 bits per heavy atom. The van der Waals surface area contributed by atoms with Crippen molar-refractivity contribution in [2.45, 2.75) is 71.6 Å². The smallest absolute Gasteiger partial charge is 0.137 e.